The van der Waals surface area contributed by atoms with Crippen molar-refractivity contribution < 1.29 is 9.53 Å². The Morgan fingerprint density at radius 1 is 1.30 bits per heavy atom. The lowest BCUT2D eigenvalue weighted by molar-refractivity contribution is 0.0526. The molecule has 1 heterocycles. The summed E-state index contributed by atoms with van der Waals surface area (Å²) in [6.07, 6.45) is 8.04. The van der Waals surface area contributed by atoms with Gasteiger partial charge in [0.2, 0.25) is 0 Å². The number of carbonyl (C=O) groups is 1. The van der Waals surface area contributed by atoms with Gasteiger partial charge >= 0.3 is 5.97 Å². The summed E-state index contributed by atoms with van der Waals surface area (Å²) in [7, 11) is 0. The second-order valence-corrected chi connectivity index (χ2v) is 7.27. The van der Waals surface area contributed by atoms with E-state index in [1.807, 2.05) is 25.3 Å². The molecule has 27 heavy (non-hydrogen) atoms. The lowest BCUT2D eigenvalue weighted by atomic mass is 9.89. The van der Waals surface area contributed by atoms with E-state index < -0.39 is 0 Å². The van der Waals surface area contributed by atoms with Crippen LogP contribution >= 0.6 is 12.2 Å². The molecular formula is C21H25N3O2S. The van der Waals surface area contributed by atoms with Gasteiger partial charge in [-0.25, -0.2) is 4.79 Å². The monoisotopic (exact) mass is 383 g/mol. The molecule has 1 fully saturated rings. The third kappa shape index (κ3) is 4.45. The van der Waals surface area contributed by atoms with Gasteiger partial charge in [0.15, 0.2) is 5.11 Å². The Morgan fingerprint density at radius 2 is 2.07 bits per heavy atom. The fourth-order valence-electron chi connectivity index (χ4n) is 3.58. The van der Waals surface area contributed by atoms with E-state index in [9.17, 15) is 4.79 Å². The van der Waals surface area contributed by atoms with Gasteiger partial charge in [0.25, 0.3) is 0 Å². The number of thiocarbonyl (C=S) groups is 1. The molecule has 0 unspecified atom stereocenters. The lowest BCUT2D eigenvalue weighted by Gasteiger charge is -2.32. The lowest BCUT2D eigenvalue weighted by Crippen LogP contribution is -2.45. The molecule has 0 saturated heterocycles. The van der Waals surface area contributed by atoms with Gasteiger partial charge in [-0.2, -0.15) is 0 Å². The Balaban J connectivity index is 1.77. The van der Waals surface area contributed by atoms with Crippen LogP contribution in [0.15, 0.2) is 42.7 Å². The standard InChI is InChI=1S/C21H25N3O2S/c1-3-26-19(25)16-9-8-15(2)18(13-16)23-20(27)24-21(10-4-5-11-21)17-7-6-12-22-14-17/h6-9,12-14H,3-5,10-11H2,1-2H3,(H2,23,24,27). The number of benzene rings is 1. The molecule has 0 spiro atoms. The largest absolute Gasteiger partial charge is 0.462 e. The maximum Gasteiger partial charge on any atom is 0.338 e. The molecule has 2 N–H and O–H groups in total. The highest BCUT2D eigenvalue weighted by atomic mass is 32.1. The number of aromatic nitrogens is 1. The second kappa shape index (κ2) is 8.48. The van der Waals surface area contributed by atoms with Gasteiger partial charge in [0.05, 0.1) is 17.7 Å². The summed E-state index contributed by atoms with van der Waals surface area (Å²) in [6.45, 7) is 4.12. The fraction of sp³-hybridized carbons (Fsp3) is 0.381. The molecule has 0 aliphatic heterocycles. The van der Waals surface area contributed by atoms with E-state index in [0.29, 0.717) is 17.3 Å². The van der Waals surface area contributed by atoms with Crippen LogP contribution in [0.3, 0.4) is 0 Å². The highest BCUT2D eigenvalue weighted by Crippen LogP contribution is 2.38. The van der Waals surface area contributed by atoms with Crippen LogP contribution in [0, 0.1) is 6.92 Å². The topological polar surface area (TPSA) is 63.2 Å². The molecule has 1 aromatic carbocycles. The zero-order valence-electron chi connectivity index (χ0n) is 15.7. The quantitative estimate of drug-likeness (QED) is 0.592. The number of ether oxygens (including phenoxy) is 1. The van der Waals surface area contributed by atoms with Gasteiger partial charge < -0.3 is 15.4 Å². The second-order valence-electron chi connectivity index (χ2n) is 6.86. The summed E-state index contributed by atoms with van der Waals surface area (Å²) in [5.74, 6) is -0.331. The number of hydrogen-bond acceptors (Lipinski definition) is 4. The van der Waals surface area contributed by atoms with E-state index in [1.54, 1.807) is 25.3 Å². The van der Waals surface area contributed by atoms with Crippen molar-refractivity contribution in [3.63, 3.8) is 0 Å². The van der Waals surface area contributed by atoms with Crippen LogP contribution in [-0.2, 0) is 10.3 Å². The maximum atomic E-state index is 12.0. The minimum absolute atomic E-state index is 0.189. The van der Waals surface area contributed by atoms with E-state index in [-0.39, 0.29) is 11.5 Å². The molecule has 1 aliphatic carbocycles. The number of aryl methyl sites for hydroxylation is 1. The summed E-state index contributed by atoms with van der Waals surface area (Å²) in [4.78, 5) is 16.3. The van der Waals surface area contributed by atoms with Gasteiger partial charge in [-0.05, 0) is 68.2 Å². The van der Waals surface area contributed by atoms with Crippen LogP contribution in [0.1, 0.15) is 54.1 Å². The highest BCUT2D eigenvalue weighted by Gasteiger charge is 2.36. The van der Waals surface area contributed by atoms with E-state index in [1.165, 1.54) is 0 Å². The summed E-state index contributed by atoms with van der Waals surface area (Å²) >= 11 is 5.61. The van der Waals surface area contributed by atoms with Crippen molar-refractivity contribution in [3.8, 4) is 0 Å². The molecule has 0 atom stereocenters. The number of pyridine rings is 1. The van der Waals surface area contributed by atoms with Crippen LogP contribution < -0.4 is 10.6 Å². The van der Waals surface area contributed by atoms with Gasteiger partial charge in [-0.15, -0.1) is 0 Å². The van der Waals surface area contributed by atoms with Gasteiger partial charge in [-0.1, -0.05) is 25.0 Å². The fourth-order valence-corrected chi connectivity index (χ4v) is 3.88. The number of carbonyl (C=O) groups excluding carboxylic acids is 1. The van der Waals surface area contributed by atoms with E-state index >= 15 is 0 Å². The predicted molar refractivity (Wildman–Crippen MR) is 111 cm³/mol. The average Bonchev–Trinajstić information content (AvgIpc) is 3.14. The first-order valence-electron chi connectivity index (χ1n) is 9.31. The first kappa shape index (κ1) is 19.3. The third-order valence-corrected chi connectivity index (χ3v) is 5.23. The smallest absolute Gasteiger partial charge is 0.338 e. The molecule has 142 valence electrons. The van der Waals surface area contributed by atoms with Crippen LogP contribution in [0.5, 0.6) is 0 Å². The zero-order valence-corrected chi connectivity index (χ0v) is 16.6. The van der Waals surface area contributed by atoms with Gasteiger partial charge in [-0.3, -0.25) is 4.98 Å². The zero-order chi connectivity index (χ0) is 19.3. The Bertz CT molecular complexity index is 817. The molecule has 1 aromatic heterocycles. The van der Waals surface area contributed by atoms with Crippen LogP contribution in [-0.4, -0.2) is 22.7 Å². The van der Waals surface area contributed by atoms with Crippen LogP contribution in [0.25, 0.3) is 0 Å². The van der Waals surface area contributed by atoms with Crippen LogP contribution in [0.4, 0.5) is 5.69 Å². The van der Waals surface area contributed by atoms with Crippen molar-refractivity contribution in [2.75, 3.05) is 11.9 Å². The summed E-state index contributed by atoms with van der Waals surface area (Å²) < 4.78 is 5.09. The Kier molecular flexibility index (Phi) is 6.06. The van der Waals surface area contributed by atoms with E-state index in [0.717, 1.165) is 42.5 Å². The van der Waals surface area contributed by atoms with Crippen molar-refractivity contribution in [2.45, 2.75) is 45.1 Å². The molecule has 1 saturated carbocycles. The number of rotatable bonds is 5. The third-order valence-electron chi connectivity index (χ3n) is 5.02. The number of anilines is 1. The number of nitrogens with one attached hydrogen (secondary N) is 2. The normalized spacial score (nSPS) is 15.2. The summed E-state index contributed by atoms with van der Waals surface area (Å²) in [6, 6.07) is 9.50. The minimum Gasteiger partial charge on any atom is -0.462 e. The molecule has 0 bridgehead atoms. The first-order valence-corrected chi connectivity index (χ1v) is 9.72. The summed E-state index contributed by atoms with van der Waals surface area (Å²) in [5.41, 5.74) is 3.29. The maximum absolute atomic E-state index is 12.0. The molecule has 0 radical (unpaired) electrons. The minimum atomic E-state index is -0.331. The van der Waals surface area contributed by atoms with Crippen molar-refractivity contribution in [3.05, 3.63) is 59.4 Å². The first-order chi connectivity index (χ1) is 13.0. The molecule has 5 nitrogen and oxygen atoms in total. The van der Waals surface area contributed by atoms with E-state index in [4.69, 9.17) is 17.0 Å². The van der Waals surface area contributed by atoms with Crippen molar-refractivity contribution in [1.82, 2.24) is 10.3 Å². The van der Waals surface area contributed by atoms with Gasteiger partial charge in [0, 0.05) is 18.1 Å². The highest BCUT2D eigenvalue weighted by molar-refractivity contribution is 7.80. The molecule has 6 heteroatoms. The molecule has 3 rings (SSSR count). The van der Waals surface area contributed by atoms with Crippen molar-refractivity contribution in [2.24, 2.45) is 0 Å². The predicted octanol–water partition coefficient (Wildman–Crippen LogP) is 4.32. The Hall–Kier alpha value is -2.47. The molecule has 0 amide bonds. The van der Waals surface area contributed by atoms with Crippen molar-refractivity contribution >= 4 is 29.0 Å². The Labute approximate surface area is 165 Å². The van der Waals surface area contributed by atoms with Crippen LogP contribution in [0.2, 0.25) is 0 Å². The Morgan fingerprint density at radius 3 is 2.74 bits per heavy atom. The van der Waals surface area contributed by atoms with Crippen molar-refractivity contribution in [1.29, 1.82) is 0 Å². The number of esters is 1. The van der Waals surface area contributed by atoms with E-state index in [2.05, 4.69) is 21.7 Å². The molecule has 2 aromatic rings. The SMILES string of the molecule is CCOC(=O)c1ccc(C)c(NC(=S)NC2(c3cccnc3)CCCC2)c1. The molecule has 1 aliphatic rings. The average molecular weight is 384 g/mol. The number of nitrogens with zero attached hydrogens (tertiary/aromatic N) is 1. The van der Waals surface area contributed by atoms with Gasteiger partial charge in [0.1, 0.15) is 0 Å². The summed E-state index contributed by atoms with van der Waals surface area (Å²) in [5, 5.41) is 7.33. The number of hydrogen-bond donors (Lipinski definition) is 2. The molecular weight excluding hydrogens is 358 g/mol.